The van der Waals surface area contributed by atoms with Crippen molar-refractivity contribution in [3.8, 4) is 17.2 Å². The quantitative estimate of drug-likeness (QED) is 0.257. The average Bonchev–Trinajstić information content (AvgIpc) is 2.76. The maximum atomic E-state index is 12.3. The van der Waals surface area contributed by atoms with E-state index in [9.17, 15) is 9.59 Å². The Hall–Kier alpha value is -4.06. The van der Waals surface area contributed by atoms with E-state index in [2.05, 4.69) is 0 Å². The molecule has 3 aromatic carbocycles. The van der Waals surface area contributed by atoms with E-state index in [0.29, 0.717) is 22.4 Å². The molecule has 0 unspecified atom stereocenters. The van der Waals surface area contributed by atoms with Gasteiger partial charge < -0.3 is 19.9 Å². The van der Waals surface area contributed by atoms with Crippen LogP contribution in [0.15, 0.2) is 72.8 Å². The van der Waals surface area contributed by atoms with E-state index in [1.807, 2.05) is 54.6 Å². The van der Waals surface area contributed by atoms with Gasteiger partial charge in [0.2, 0.25) is 5.91 Å². The van der Waals surface area contributed by atoms with Crippen LogP contribution in [0.5, 0.6) is 17.2 Å². The molecule has 0 spiro atoms. The zero-order valence-electron chi connectivity index (χ0n) is 17.3. The van der Waals surface area contributed by atoms with Crippen molar-refractivity contribution in [3.63, 3.8) is 0 Å². The van der Waals surface area contributed by atoms with Gasteiger partial charge >= 0.3 is 5.97 Å². The highest BCUT2D eigenvalue weighted by molar-refractivity contribution is 6.23. The molecule has 0 atom stereocenters. The smallest absolute Gasteiger partial charge is 0.308 e. The average molecular weight is 417 g/mol. The molecule has 158 valence electrons. The van der Waals surface area contributed by atoms with E-state index in [1.165, 1.54) is 14.0 Å². The van der Waals surface area contributed by atoms with Gasteiger partial charge in [-0.2, -0.15) is 0 Å². The Morgan fingerprint density at radius 3 is 2.32 bits per heavy atom. The molecule has 0 radical (unpaired) electrons. The molecule has 3 aromatic rings. The maximum absolute atomic E-state index is 12.3. The lowest BCUT2D eigenvalue weighted by Gasteiger charge is -2.13. The number of hydrogen-bond donors (Lipinski definition) is 1. The summed E-state index contributed by atoms with van der Waals surface area (Å²) in [6, 6.07) is 21.8. The zero-order chi connectivity index (χ0) is 22.2. The largest absolute Gasteiger partial charge is 0.493 e. The van der Waals surface area contributed by atoms with Crippen LogP contribution >= 0.6 is 0 Å². The van der Waals surface area contributed by atoms with E-state index in [1.54, 1.807) is 24.3 Å². The third-order valence-corrected chi connectivity index (χ3v) is 4.46. The number of ether oxygens (including phenoxy) is 3. The number of primary amides is 1. The Morgan fingerprint density at radius 2 is 1.65 bits per heavy atom. The molecule has 0 fully saturated rings. The number of rotatable bonds is 8. The number of esters is 1. The Labute approximate surface area is 180 Å². The van der Waals surface area contributed by atoms with Crippen LogP contribution < -0.4 is 19.9 Å². The molecule has 6 heteroatoms. The van der Waals surface area contributed by atoms with Gasteiger partial charge in [-0.25, -0.2) is 0 Å². The highest BCUT2D eigenvalue weighted by Gasteiger charge is 2.15. The summed E-state index contributed by atoms with van der Waals surface area (Å²) in [4.78, 5) is 23.7. The van der Waals surface area contributed by atoms with E-state index in [-0.39, 0.29) is 12.4 Å². The van der Waals surface area contributed by atoms with Crippen molar-refractivity contribution in [3.05, 3.63) is 89.5 Å². The van der Waals surface area contributed by atoms with Crippen LogP contribution in [0.3, 0.4) is 0 Å². The molecule has 0 aliphatic rings. The molecule has 0 heterocycles. The molecule has 0 aliphatic carbocycles. The number of para-hydroxylation sites is 1. The molecule has 2 N–H and O–H groups in total. The van der Waals surface area contributed by atoms with Gasteiger partial charge in [0.15, 0.2) is 11.5 Å². The number of nitrogens with two attached hydrogens (primary N) is 1. The second kappa shape index (κ2) is 10.1. The molecule has 0 aliphatic heterocycles. The van der Waals surface area contributed by atoms with Gasteiger partial charge in [-0.05, 0) is 47.0 Å². The van der Waals surface area contributed by atoms with Gasteiger partial charge in [-0.3, -0.25) is 9.59 Å². The van der Waals surface area contributed by atoms with Crippen LogP contribution in [-0.4, -0.2) is 19.0 Å². The molecule has 3 rings (SSSR count). The van der Waals surface area contributed by atoms with Gasteiger partial charge in [-0.15, -0.1) is 0 Å². The second-order valence-corrected chi connectivity index (χ2v) is 6.69. The van der Waals surface area contributed by atoms with Gasteiger partial charge in [0.1, 0.15) is 12.4 Å². The van der Waals surface area contributed by atoms with Crippen molar-refractivity contribution in [2.24, 2.45) is 5.73 Å². The van der Waals surface area contributed by atoms with E-state index >= 15 is 0 Å². The lowest BCUT2D eigenvalue weighted by Crippen LogP contribution is -2.14. The SMILES string of the molecule is COc1ccc(/C=C(/C(N)=O)c2ccccc2COc2ccccc2)cc1OC(C)=O. The summed E-state index contributed by atoms with van der Waals surface area (Å²) in [5, 5.41) is 0. The standard InChI is InChI=1S/C25H23NO5/c1-17(27)31-24-15-18(12-13-23(24)29-2)14-22(25(26)28)21-11-7-6-8-19(21)16-30-20-9-4-3-5-10-20/h3-15H,16H2,1-2H3,(H2,26,28)/b22-14+. The normalized spacial score (nSPS) is 11.0. The maximum Gasteiger partial charge on any atom is 0.308 e. The van der Waals surface area contributed by atoms with Gasteiger partial charge in [0.25, 0.3) is 0 Å². The predicted molar refractivity (Wildman–Crippen MR) is 119 cm³/mol. The third kappa shape index (κ3) is 5.73. The van der Waals surface area contributed by atoms with E-state index in [0.717, 1.165) is 11.3 Å². The van der Waals surface area contributed by atoms with Crippen LogP contribution in [0.25, 0.3) is 11.6 Å². The summed E-state index contributed by atoms with van der Waals surface area (Å²) in [5.74, 6) is 0.330. The number of methoxy groups -OCH3 is 1. The first kappa shape index (κ1) is 21.6. The molecule has 0 bridgehead atoms. The highest BCUT2D eigenvalue weighted by atomic mass is 16.6. The third-order valence-electron chi connectivity index (χ3n) is 4.46. The summed E-state index contributed by atoms with van der Waals surface area (Å²) >= 11 is 0. The lowest BCUT2D eigenvalue weighted by atomic mass is 9.97. The van der Waals surface area contributed by atoms with Crippen molar-refractivity contribution in [1.82, 2.24) is 0 Å². The molecular formula is C25H23NO5. The van der Waals surface area contributed by atoms with Crippen LogP contribution in [0.1, 0.15) is 23.6 Å². The molecule has 0 saturated heterocycles. The first-order valence-corrected chi connectivity index (χ1v) is 9.62. The van der Waals surface area contributed by atoms with Gasteiger partial charge in [0.05, 0.1) is 7.11 Å². The summed E-state index contributed by atoms with van der Waals surface area (Å²) in [7, 11) is 1.48. The molecule has 6 nitrogen and oxygen atoms in total. The summed E-state index contributed by atoms with van der Waals surface area (Å²) in [6.45, 7) is 1.58. The number of carbonyl (C=O) groups excluding carboxylic acids is 2. The Bertz CT molecular complexity index is 1110. The van der Waals surface area contributed by atoms with Crippen molar-refractivity contribution in [1.29, 1.82) is 0 Å². The summed E-state index contributed by atoms with van der Waals surface area (Å²) < 4.78 is 16.3. The minimum atomic E-state index is -0.586. The fraction of sp³-hybridized carbons (Fsp3) is 0.120. The Morgan fingerprint density at radius 1 is 0.935 bits per heavy atom. The van der Waals surface area contributed by atoms with Gasteiger partial charge in [0, 0.05) is 12.5 Å². The fourth-order valence-corrected chi connectivity index (χ4v) is 3.05. The van der Waals surface area contributed by atoms with Crippen LogP contribution in [0.4, 0.5) is 0 Å². The van der Waals surface area contributed by atoms with Crippen molar-refractivity contribution in [2.75, 3.05) is 7.11 Å². The van der Waals surface area contributed by atoms with Gasteiger partial charge in [-0.1, -0.05) is 48.5 Å². The first-order chi connectivity index (χ1) is 15.0. The van der Waals surface area contributed by atoms with E-state index in [4.69, 9.17) is 19.9 Å². The monoisotopic (exact) mass is 417 g/mol. The molecule has 31 heavy (non-hydrogen) atoms. The second-order valence-electron chi connectivity index (χ2n) is 6.69. The van der Waals surface area contributed by atoms with Crippen LogP contribution in [0.2, 0.25) is 0 Å². The minimum absolute atomic E-state index is 0.258. The Kier molecular flexibility index (Phi) is 7.06. The van der Waals surface area contributed by atoms with Crippen molar-refractivity contribution in [2.45, 2.75) is 13.5 Å². The Balaban J connectivity index is 1.97. The van der Waals surface area contributed by atoms with Crippen molar-refractivity contribution >= 4 is 23.5 Å². The van der Waals surface area contributed by atoms with Crippen molar-refractivity contribution < 1.29 is 23.8 Å². The predicted octanol–water partition coefficient (Wildman–Crippen LogP) is 4.23. The molecule has 0 aromatic heterocycles. The van der Waals surface area contributed by atoms with Crippen LogP contribution in [-0.2, 0) is 16.2 Å². The zero-order valence-corrected chi connectivity index (χ0v) is 17.3. The first-order valence-electron chi connectivity index (χ1n) is 9.62. The van der Waals surface area contributed by atoms with Crippen LogP contribution in [0, 0.1) is 0 Å². The highest BCUT2D eigenvalue weighted by Crippen LogP contribution is 2.31. The number of amides is 1. The molecule has 1 amide bonds. The topological polar surface area (TPSA) is 87.8 Å². The van der Waals surface area contributed by atoms with E-state index < -0.39 is 11.9 Å². The molecule has 0 saturated carbocycles. The summed E-state index contributed by atoms with van der Waals surface area (Å²) in [5.41, 5.74) is 8.12. The summed E-state index contributed by atoms with van der Waals surface area (Å²) in [6.07, 6.45) is 1.65. The lowest BCUT2D eigenvalue weighted by molar-refractivity contribution is -0.132. The molecular weight excluding hydrogens is 394 g/mol. The number of hydrogen-bond acceptors (Lipinski definition) is 5. The fourth-order valence-electron chi connectivity index (χ4n) is 3.05. The number of benzene rings is 3. The minimum Gasteiger partial charge on any atom is -0.493 e. The number of carbonyl (C=O) groups is 2.